The number of aromatic nitrogens is 1. The summed E-state index contributed by atoms with van der Waals surface area (Å²) in [6, 6.07) is 11.4. The average Bonchev–Trinajstić information content (AvgIpc) is 2.94. The summed E-state index contributed by atoms with van der Waals surface area (Å²) in [5.41, 5.74) is 2.15. The minimum absolute atomic E-state index is 0.192. The molecule has 0 aliphatic heterocycles. The number of oxazole rings is 1. The molecule has 1 heterocycles. The highest BCUT2D eigenvalue weighted by Gasteiger charge is 2.16. The van der Waals surface area contributed by atoms with E-state index in [4.69, 9.17) is 4.42 Å². The highest BCUT2D eigenvalue weighted by atomic mass is 32.2. The Labute approximate surface area is 139 Å². The fourth-order valence-corrected chi connectivity index (χ4v) is 3.17. The van der Waals surface area contributed by atoms with E-state index in [2.05, 4.69) is 10.3 Å². The first-order valence-corrected chi connectivity index (χ1v) is 9.31. The third-order valence-electron chi connectivity index (χ3n) is 3.75. The van der Waals surface area contributed by atoms with Crippen molar-refractivity contribution < 1.29 is 17.2 Å². The van der Waals surface area contributed by atoms with E-state index < -0.39 is 15.7 Å². The number of nitrogens with zero attached hydrogens (tertiary/aromatic N) is 1. The van der Waals surface area contributed by atoms with Crippen molar-refractivity contribution in [3.05, 3.63) is 59.7 Å². The Hall–Kier alpha value is -2.25. The molecule has 0 spiro atoms. The van der Waals surface area contributed by atoms with Gasteiger partial charge in [0.1, 0.15) is 16.2 Å². The highest BCUT2D eigenvalue weighted by Crippen LogP contribution is 2.21. The van der Waals surface area contributed by atoms with Crippen LogP contribution in [0.15, 0.2) is 51.8 Å². The zero-order valence-corrected chi connectivity index (χ0v) is 14.1. The van der Waals surface area contributed by atoms with Gasteiger partial charge in [0, 0.05) is 12.3 Å². The second-order valence-corrected chi connectivity index (χ2v) is 7.62. The third kappa shape index (κ3) is 3.47. The number of halogens is 1. The molecule has 0 aliphatic carbocycles. The van der Waals surface area contributed by atoms with Crippen LogP contribution in [-0.2, 0) is 16.4 Å². The van der Waals surface area contributed by atoms with Crippen LogP contribution in [0.25, 0.3) is 11.1 Å². The quantitative estimate of drug-likeness (QED) is 0.766. The molecule has 24 heavy (non-hydrogen) atoms. The minimum atomic E-state index is -3.57. The number of benzene rings is 2. The van der Waals surface area contributed by atoms with E-state index in [0.717, 1.165) is 11.8 Å². The van der Waals surface area contributed by atoms with E-state index in [1.54, 1.807) is 6.07 Å². The molecule has 0 saturated carbocycles. The molecule has 0 amide bonds. The summed E-state index contributed by atoms with van der Waals surface area (Å²) < 4.78 is 42.5. The zero-order chi connectivity index (χ0) is 17.3. The third-order valence-corrected chi connectivity index (χ3v) is 4.88. The Kier molecular flexibility index (Phi) is 4.38. The standard InChI is InChI=1S/C17H17FN2O3S/c1-11(12-7-8-16(13(18)9-12)24(2,21)22)19-10-17-20-14-5-3-4-6-15(14)23-17/h3-9,11,19H,10H2,1-2H3/t11-/m1/s1. The molecule has 1 atom stereocenters. The monoisotopic (exact) mass is 348 g/mol. The largest absolute Gasteiger partial charge is 0.439 e. The molecule has 2 aromatic carbocycles. The molecular formula is C17H17FN2O3S. The van der Waals surface area contributed by atoms with Crippen molar-refractivity contribution in [1.82, 2.24) is 10.3 Å². The van der Waals surface area contributed by atoms with Crippen molar-refractivity contribution in [3.8, 4) is 0 Å². The Morgan fingerprint density at radius 3 is 2.67 bits per heavy atom. The van der Waals surface area contributed by atoms with E-state index >= 15 is 0 Å². The first kappa shape index (κ1) is 16.6. The van der Waals surface area contributed by atoms with Gasteiger partial charge in [0.05, 0.1) is 6.54 Å². The maximum atomic E-state index is 14.0. The van der Waals surface area contributed by atoms with Crippen molar-refractivity contribution in [2.45, 2.75) is 24.4 Å². The fraction of sp³-hybridized carbons (Fsp3) is 0.235. The lowest BCUT2D eigenvalue weighted by molar-refractivity contribution is 0.466. The second kappa shape index (κ2) is 6.33. The summed E-state index contributed by atoms with van der Waals surface area (Å²) in [6.45, 7) is 2.24. The topological polar surface area (TPSA) is 72.2 Å². The van der Waals surface area contributed by atoms with Crippen molar-refractivity contribution in [2.75, 3.05) is 6.26 Å². The van der Waals surface area contributed by atoms with Gasteiger partial charge < -0.3 is 9.73 Å². The lowest BCUT2D eigenvalue weighted by Crippen LogP contribution is -2.18. The molecule has 3 rings (SSSR count). The first-order valence-electron chi connectivity index (χ1n) is 7.42. The van der Waals surface area contributed by atoms with Crippen LogP contribution in [0, 0.1) is 5.82 Å². The number of rotatable bonds is 5. The van der Waals surface area contributed by atoms with Gasteiger partial charge in [-0.3, -0.25) is 0 Å². The zero-order valence-electron chi connectivity index (χ0n) is 13.3. The van der Waals surface area contributed by atoms with Crippen LogP contribution < -0.4 is 5.32 Å². The van der Waals surface area contributed by atoms with Gasteiger partial charge in [0.2, 0.25) is 5.89 Å². The maximum absolute atomic E-state index is 14.0. The molecule has 1 N–H and O–H groups in total. The van der Waals surface area contributed by atoms with E-state index in [-0.39, 0.29) is 10.9 Å². The van der Waals surface area contributed by atoms with Gasteiger partial charge in [-0.2, -0.15) is 0 Å². The van der Waals surface area contributed by atoms with Crippen LogP contribution in [0.1, 0.15) is 24.4 Å². The Morgan fingerprint density at radius 1 is 1.25 bits per heavy atom. The van der Waals surface area contributed by atoms with Gasteiger partial charge in [-0.15, -0.1) is 0 Å². The summed E-state index contributed by atoms with van der Waals surface area (Å²) in [5, 5.41) is 3.19. The molecule has 7 heteroatoms. The molecular weight excluding hydrogens is 331 g/mol. The SMILES string of the molecule is C[C@@H](NCc1nc2ccccc2o1)c1ccc(S(C)(=O)=O)c(F)c1. The summed E-state index contributed by atoms with van der Waals surface area (Å²) in [4.78, 5) is 4.07. The van der Waals surface area contributed by atoms with Crippen LogP contribution >= 0.6 is 0 Å². The maximum Gasteiger partial charge on any atom is 0.209 e. The molecule has 0 radical (unpaired) electrons. The predicted molar refractivity (Wildman–Crippen MR) is 88.8 cm³/mol. The van der Waals surface area contributed by atoms with Crippen LogP contribution in [0.5, 0.6) is 0 Å². The number of nitrogens with one attached hydrogen (secondary N) is 1. The van der Waals surface area contributed by atoms with E-state index in [9.17, 15) is 12.8 Å². The fourth-order valence-electron chi connectivity index (χ4n) is 2.44. The lowest BCUT2D eigenvalue weighted by atomic mass is 10.1. The number of hydrogen-bond donors (Lipinski definition) is 1. The van der Waals surface area contributed by atoms with Crippen molar-refractivity contribution in [3.63, 3.8) is 0 Å². The summed E-state index contributed by atoms with van der Waals surface area (Å²) in [6.07, 6.45) is 0.986. The van der Waals surface area contributed by atoms with Gasteiger partial charge in [-0.1, -0.05) is 18.2 Å². The highest BCUT2D eigenvalue weighted by molar-refractivity contribution is 7.90. The van der Waals surface area contributed by atoms with Gasteiger partial charge in [-0.05, 0) is 36.8 Å². The Bertz CT molecular complexity index is 949. The van der Waals surface area contributed by atoms with Gasteiger partial charge in [-0.25, -0.2) is 17.8 Å². The van der Waals surface area contributed by atoms with E-state index in [1.807, 2.05) is 31.2 Å². The summed E-state index contributed by atoms with van der Waals surface area (Å²) in [5.74, 6) is -0.207. The molecule has 3 aromatic rings. The second-order valence-electron chi connectivity index (χ2n) is 5.64. The summed E-state index contributed by atoms with van der Waals surface area (Å²) >= 11 is 0. The number of sulfone groups is 1. The Morgan fingerprint density at radius 2 is 2.00 bits per heavy atom. The van der Waals surface area contributed by atoms with Gasteiger partial charge in [0.15, 0.2) is 15.4 Å². The minimum Gasteiger partial charge on any atom is -0.439 e. The van der Waals surface area contributed by atoms with Crippen molar-refractivity contribution in [1.29, 1.82) is 0 Å². The lowest BCUT2D eigenvalue weighted by Gasteiger charge is -2.14. The summed E-state index contributed by atoms with van der Waals surface area (Å²) in [7, 11) is -3.57. The van der Waals surface area contributed by atoms with Crippen LogP contribution in [0.2, 0.25) is 0 Å². The number of para-hydroxylation sites is 2. The predicted octanol–water partition coefficient (Wildman–Crippen LogP) is 3.22. The van der Waals surface area contributed by atoms with Crippen LogP contribution in [0.3, 0.4) is 0 Å². The molecule has 5 nitrogen and oxygen atoms in total. The number of hydrogen-bond acceptors (Lipinski definition) is 5. The normalized spacial score (nSPS) is 13.3. The molecule has 0 aliphatic rings. The molecule has 0 bridgehead atoms. The van der Waals surface area contributed by atoms with Crippen LogP contribution in [-0.4, -0.2) is 19.7 Å². The Balaban J connectivity index is 1.73. The van der Waals surface area contributed by atoms with E-state index in [0.29, 0.717) is 23.6 Å². The molecule has 0 saturated heterocycles. The smallest absolute Gasteiger partial charge is 0.209 e. The molecule has 1 aromatic heterocycles. The van der Waals surface area contributed by atoms with Crippen molar-refractivity contribution in [2.24, 2.45) is 0 Å². The molecule has 0 unspecified atom stereocenters. The van der Waals surface area contributed by atoms with Gasteiger partial charge in [0.25, 0.3) is 0 Å². The molecule has 0 fully saturated rings. The van der Waals surface area contributed by atoms with Crippen LogP contribution in [0.4, 0.5) is 4.39 Å². The first-order chi connectivity index (χ1) is 11.3. The van der Waals surface area contributed by atoms with E-state index in [1.165, 1.54) is 12.1 Å². The molecule has 126 valence electrons. The van der Waals surface area contributed by atoms with Crippen molar-refractivity contribution >= 4 is 20.9 Å². The average molecular weight is 348 g/mol. The number of fused-ring (bicyclic) bond motifs is 1. The van der Waals surface area contributed by atoms with Gasteiger partial charge >= 0.3 is 0 Å².